The van der Waals surface area contributed by atoms with Crippen LogP contribution in [0.5, 0.6) is 0 Å². The third-order valence-electron chi connectivity index (χ3n) is 2.93. The third-order valence-corrected chi connectivity index (χ3v) is 3.68. The van der Waals surface area contributed by atoms with Crippen molar-refractivity contribution in [2.75, 3.05) is 13.3 Å². The molecule has 0 amide bonds. The van der Waals surface area contributed by atoms with Crippen molar-refractivity contribution in [1.82, 2.24) is 15.5 Å². The number of aromatic nitrogens is 2. The summed E-state index contributed by atoms with van der Waals surface area (Å²) >= 11 is 1.71. The van der Waals surface area contributed by atoms with E-state index in [4.69, 9.17) is 4.52 Å². The molecule has 0 saturated heterocycles. The van der Waals surface area contributed by atoms with Gasteiger partial charge >= 0.3 is 0 Å². The average molecular weight is 263 g/mol. The topological polar surface area (TPSA) is 51.0 Å². The Labute approximate surface area is 111 Å². The molecular formula is C13H17N3OS. The van der Waals surface area contributed by atoms with E-state index in [0.29, 0.717) is 11.7 Å². The van der Waals surface area contributed by atoms with Crippen molar-refractivity contribution in [2.24, 2.45) is 0 Å². The van der Waals surface area contributed by atoms with E-state index in [1.165, 1.54) is 4.90 Å². The Balaban J connectivity index is 2.29. The molecule has 0 bridgehead atoms. The maximum atomic E-state index is 5.30. The second kappa shape index (κ2) is 5.12. The van der Waals surface area contributed by atoms with Crippen molar-refractivity contribution in [3.63, 3.8) is 0 Å². The highest BCUT2D eigenvalue weighted by Crippen LogP contribution is 2.23. The van der Waals surface area contributed by atoms with Crippen molar-refractivity contribution in [3.8, 4) is 11.4 Å². The number of nitrogens with zero attached hydrogens (tertiary/aromatic N) is 2. The number of rotatable bonds is 4. The second-order valence-corrected chi connectivity index (χ2v) is 5.41. The summed E-state index contributed by atoms with van der Waals surface area (Å²) < 4.78 is 5.30. The molecule has 0 aliphatic rings. The minimum atomic E-state index is -0.315. The molecule has 2 rings (SSSR count). The molecule has 0 atom stereocenters. The predicted octanol–water partition coefficient (Wildman–Crippen LogP) is 2.91. The first-order valence-corrected chi connectivity index (χ1v) is 6.97. The van der Waals surface area contributed by atoms with Gasteiger partial charge in [0.1, 0.15) is 0 Å². The van der Waals surface area contributed by atoms with Gasteiger partial charge in [-0.2, -0.15) is 4.98 Å². The summed E-state index contributed by atoms with van der Waals surface area (Å²) in [5.41, 5.74) is 0.652. The molecule has 0 spiro atoms. The van der Waals surface area contributed by atoms with Crippen molar-refractivity contribution in [2.45, 2.75) is 24.3 Å². The van der Waals surface area contributed by atoms with Crippen LogP contribution >= 0.6 is 11.8 Å². The number of benzene rings is 1. The zero-order chi connectivity index (χ0) is 13.2. The lowest BCUT2D eigenvalue weighted by atomic mass is 10.1. The van der Waals surface area contributed by atoms with Gasteiger partial charge < -0.3 is 9.84 Å². The Bertz CT molecular complexity index is 519. The highest BCUT2D eigenvalue weighted by molar-refractivity contribution is 7.98. The fraction of sp³-hybridized carbons (Fsp3) is 0.385. The molecule has 0 unspecified atom stereocenters. The van der Waals surface area contributed by atoms with E-state index in [-0.39, 0.29) is 5.54 Å². The Morgan fingerprint density at radius 2 is 1.89 bits per heavy atom. The van der Waals surface area contributed by atoms with E-state index in [2.05, 4.69) is 33.8 Å². The zero-order valence-corrected chi connectivity index (χ0v) is 11.8. The molecule has 18 heavy (non-hydrogen) atoms. The lowest BCUT2D eigenvalue weighted by molar-refractivity contribution is 0.281. The molecule has 0 fully saturated rings. The Morgan fingerprint density at radius 3 is 2.44 bits per heavy atom. The van der Waals surface area contributed by atoms with Crippen LogP contribution in [0.1, 0.15) is 19.7 Å². The molecule has 5 heteroatoms. The summed E-state index contributed by atoms with van der Waals surface area (Å²) in [6.45, 7) is 4.00. The maximum Gasteiger partial charge on any atom is 0.246 e. The standard InChI is InChI=1S/C13H17N3OS/c1-13(2,14-3)12-15-11(16-17-12)9-5-7-10(18-4)8-6-9/h5-8,14H,1-4H3. The van der Waals surface area contributed by atoms with Gasteiger partial charge in [-0.15, -0.1) is 11.8 Å². The van der Waals surface area contributed by atoms with Gasteiger partial charge in [-0.3, -0.25) is 0 Å². The summed E-state index contributed by atoms with van der Waals surface area (Å²) in [6, 6.07) is 8.12. The molecular weight excluding hydrogens is 246 g/mol. The Morgan fingerprint density at radius 1 is 1.22 bits per heavy atom. The first-order valence-electron chi connectivity index (χ1n) is 5.74. The smallest absolute Gasteiger partial charge is 0.246 e. The summed E-state index contributed by atoms with van der Waals surface area (Å²) in [5.74, 6) is 1.22. The lowest BCUT2D eigenvalue weighted by Gasteiger charge is -2.17. The summed E-state index contributed by atoms with van der Waals surface area (Å²) in [5, 5.41) is 7.16. The molecule has 1 aromatic heterocycles. The number of hydrogen-bond acceptors (Lipinski definition) is 5. The zero-order valence-electron chi connectivity index (χ0n) is 11.0. The largest absolute Gasteiger partial charge is 0.337 e. The van der Waals surface area contributed by atoms with Crippen LogP contribution in [0, 0.1) is 0 Å². The van der Waals surface area contributed by atoms with E-state index < -0.39 is 0 Å². The SMILES string of the molecule is CNC(C)(C)c1nc(-c2ccc(SC)cc2)no1. The fourth-order valence-corrected chi connectivity index (χ4v) is 1.85. The average Bonchev–Trinajstić information content (AvgIpc) is 2.89. The molecule has 0 radical (unpaired) electrons. The van der Waals surface area contributed by atoms with Gasteiger partial charge in [0.25, 0.3) is 0 Å². The van der Waals surface area contributed by atoms with Crippen LogP contribution in [0.2, 0.25) is 0 Å². The second-order valence-electron chi connectivity index (χ2n) is 4.53. The van der Waals surface area contributed by atoms with Gasteiger partial charge in [-0.05, 0) is 51.4 Å². The van der Waals surface area contributed by atoms with E-state index in [0.717, 1.165) is 5.56 Å². The predicted molar refractivity (Wildman–Crippen MR) is 73.6 cm³/mol. The van der Waals surface area contributed by atoms with Crippen molar-refractivity contribution < 1.29 is 4.52 Å². The van der Waals surface area contributed by atoms with Crippen molar-refractivity contribution in [1.29, 1.82) is 0 Å². The maximum absolute atomic E-state index is 5.30. The first-order chi connectivity index (χ1) is 8.56. The highest BCUT2D eigenvalue weighted by atomic mass is 32.2. The van der Waals surface area contributed by atoms with Crippen LogP contribution in [-0.2, 0) is 5.54 Å². The normalized spacial score (nSPS) is 11.8. The van der Waals surface area contributed by atoms with Crippen LogP contribution in [0.25, 0.3) is 11.4 Å². The van der Waals surface area contributed by atoms with Gasteiger partial charge in [-0.1, -0.05) is 5.16 Å². The fourth-order valence-electron chi connectivity index (χ4n) is 1.44. The molecule has 1 N–H and O–H groups in total. The van der Waals surface area contributed by atoms with Gasteiger partial charge in [0.15, 0.2) is 0 Å². The van der Waals surface area contributed by atoms with E-state index in [1.807, 2.05) is 33.0 Å². The number of thioether (sulfide) groups is 1. The molecule has 96 valence electrons. The number of hydrogen-bond donors (Lipinski definition) is 1. The summed E-state index contributed by atoms with van der Waals surface area (Å²) in [6.07, 6.45) is 2.05. The molecule has 1 heterocycles. The molecule has 2 aromatic rings. The van der Waals surface area contributed by atoms with Crippen LogP contribution in [0.3, 0.4) is 0 Å². The summed E-state index contributed by atoms with van der Waals surface area (Å²) in [4.78, 5) is 5.65. The van der Waals surface area contributed by atoms with Gasteiger partial charge in [0.05, 0.1) is 5.54 Å². The van der Waals surface area contributed by atoms with Crippen LogP contribution in [0.15, 0.2) is 33.7 Å². The lowest BCUT2D eigenvalue weighted by Crippen LogP contribution is -2.33. The van der Waals surface area contributed by atoms with E-state index >= 15 is 0 Å². The quantitative estimate of drug-likeness (QED) is 0.860. The highest BCUT2D eigenvalue weighted by Gasteiger charge is 2.25. The van der Waals surface area contributed by atoms with Gasteiger partial charge in [-0.25, -0.2) is 0 Å². The van der Waals surface area contributed by atoms with Crippen LogP contribution in [-0.4, -0.2) is 23.4 Å². The first kappa shape index (κ1) is 13.1. The monoisotopic (exact) mass is 263 g/mol. The van der Waals surface area contributed by atoms with E-state index in [1.54, 1.807) is 11.8 Å². The van der Waals surface area contributed by atoms with Gasteiger partial charge in [0, 0.05) is 10.5 Å². The van der Waals surface area contributed by atoms with Crippen LogP contribution < -0.4 is 5.32 Å². The van der Waals surface area contributed by atoms with Crippen molar-refractivity contribution >= 4 is 11.8 Å². The molecule has 0 saturated carbocycles. The minimum absolute atomic E-state index is 0.315. The summed E-state index contributed by atoms with van der Waals surface area (Å²) in [7, 11) is 1.87. The van der Waals surface area contributed by atoms with Crippen molar-refractivity contribution in [3.05, 3.63) is 30.2 Å². The molecule has 0 aliphatic carbocycles. The molecule has 4 nitrogen and oxygen atoms in total. The number of nitrogens with one attached hydrogen (secondary N) is 1. The third kappa shape index (κ3) is 2.57. The Kier molecular flexibility index (Phi) is 3.73. The van der Waals surface area contributed by atoms with Gasteiger partial charge in [0.2, 0.25) is 11.7 Å². The van der Waals surface area contributed by atoms with E-state index in [9.17, 15) is 0 Å². The Hall–Kier alpha value is -1.33. The van der Waals surface area contributed by atoms with Crippen LogP contribution in [0.4, 0.5) is 0 Å². The molecule has 0 aliphatic heterocycles. The molecule has 1 aromatic carbocycles. The minimum Gasteiger partial charge on any atom is -0.337 e.